The zero-order valence-electron chi connectivity index (χ0n) is 7.14. The van der Waals surface area contributed by atoms with Gasteiger partial charge in [-0.1, -0.05) is 32.1 Å². The van der Waals surface area contributed by atoms with Crippen molar-refractivity contribution in [2.75, 3.05) is 0 Å². The summed E-state index contributed by atoms with van der Waals surface area (Å²) in [6.45, 7) is 5.76. The molecule has 1 rings (SSSR count). The second-order valence-corrected chi connectivity index (χ2v) is 4.51. The average Bonchev–Trinajstić information content (AvgIpc) is 2.30. The molecule has 0 aliphatic heterocycles. The lowest BCUT2D eigenvalue weighted by atomic mass is 9.98. The van der Waals surface area contributed by atoms with Crippen LogP contribution in [0.15, 0.2) is 0 Å². The summed E-state index contributed by atoms with van der Waals surface area (Å²) >= 11 is 0.976. The van der Waals surface area contributed by atoms with E-state index in [9.17, 15) is 8.78 Å². The van der Waals surface area contributed by atoms with E-state index in [0.29, 0.717) is 5.01 Å². The first-order chi connectivity index (χ1) is 5.41. The number of rotatable bonds is 1. The molecule has 2 nitrogen and oxygen atoms in total. The topological polar surface area (TPSA) is 25.8 Å². The van der Waals surface area contributed by atoms with Crippen molar-refractivity contribution < 1.29 is 8.78 Å². The van der Waals surface area contributed by atoms with Crippen LogP contribution >= 0.6 is 11.3 Å². The van der Waals surface area contributed by atoms with E-state index in [1.165, 1.54) is 0 Å². The molecule has 0 amide bonds. The summed E-state index contributed by atoms with van der Waals surface area (Å²) in [6, 6.07) is 0. The molecule has 1 aromatic rings. The number of alkyl halides is 2. The van der Waals surface area contributed by atoms with Gasteiger partial charge in [-0.2, -0.15) is 0 Å². The molecule has 0 saturated heterocycles. The van der Waals surface area contributed by atoms with E-state index in [2.05, 4.69) is 10.2 Å². The molecule has 0 unspecified atom stereocenters. The van der Waals surface area contributed by atoms with Crippen molar-refractivity contribution in [3.63, 3.8) is 0 Å². The van der Waals surface area contributed by atoms with Crippen LogP contribution in [0.5, 0.6) is 0 Å². The predicted octanol–water partition coefficient (Wildman–Crippen LogP) is 2.77. The maximum atomic E-state index is 12.1. The Labute approximate surface area is 73.6 Å². The summed E-state index contributed by atoms with van der Waals surface area (Å²) in [5, 5.41) is 7.55. The molecule has 0 saturated carbocycles. The van der Waals surface area contributed by atoms with Crippen LogP contribution in [0.2, 0.25) is 0 Å². The third kappa shape index (κ3) is 1.97. The minimum atomic E-state index is -2.50. The third-order valence-electron chi connectivity index (χ3n) is 1.27. The van der Waals surface area contributed by atoms with Crippen molar-refractivity contribution in [1.82, 2.24) is 10.2 Å². The van der Waals surface area contributed by atoms with Gasteiger partial charge in [0.15, 0.2) is 5.01 Å². The van der Waals surface area contributed by atoms with Gasteiger partial charge in [0, 0.05) is 5.41 Å². The Bertz CT molecular complexity index is 265. The summed E-state index contributed by atoms with van der Waals surface area (Å²) in [5.74, 6) is 0. The molecular formula is C7H10F2N2S. The van der Waals surface area contributed by atoms with Crippen molar-refractivity contribution in [3.05, 3.63) is 10.0 Å². The van der Waals surface area contributed by atoms with Gasteiger partial charge in [0.25, 0.3) is 6.43 Å². The van der Waals surface area contributed by atoms with Gasteiger partial charge in [0.05, 0.1) is 0 Å². The normalized spacial score (nSPS) is 12.5. The summed E-state index contributed by atoms with van der Waals surface area (Å²) in [6.07, 6.45) is -2.50. The lowest BCUT2D eigenvalue weighted by molar-refractivity contribution is 0.150. The third-order valence-corrected chi connectivity index (χ3v) is 2.63. The van der Waals surface area contributed by atoms with Gasteiger partial charge >= 0.3 is 0 Å². The van der Waals surface area contributed by atoms with Gasteiger partial charge in [0.2, 0.25) is 0 Å². The van der Waals surface area contributed by atoms with E-state index in [0.717, 1.165) is 11.3 Å². The fourth-order valence-corrected chi connectivity index (χ4v) is 1.38. The van der Waals surface area contributed by atoms with Crippen LogP contribution in [0.1, 0.15) is 37.2 Å². The van der Waals surface area contributed by atoms with E-state index >= 15 is 0 Å². The van der Waals surface area contributed by atoms with Crippen LogP contribution in [0.25, 0.3) is 0 Å². The van der Waals surface area contributed by atoms with Crippen LogP contribution in [0, 0.1) is 0 Å². The molecule has 68 valence electrons. The Morgan fingerprint density at radius 3 is 2.08 bits per heavy atom. The molecular weight excluding hydrogens is 182 g/mol. The monoisotopic (exact) mass is 192 g/mol. The highest BCUT2D eigenvalue weighted by Crippen LogP contribution is 2.29. The van der Waals surface area contributed by atoms with Crippen LogP contribution in [0.4, 0.5) is 8.78 Å². The molecule has 0 aliphatic rings. The zero-order chi connectivity index (χ0) is 9.35. The number of halogens is 2. The number of nitrogens with zero attached hydrogens (tertiary/aromatic N) is 2. The molecule has 0 N–H and O–H groups in total. The second kappa shape index (κ2) is 3.05. The predicted molar refractivity (Wildman–Crippen MR) is 43.6 cm³/mol. The van der Waals surface area contributed by atoms with Gasteiger partial charge in [-0.15, -0.1) is 10.2 Å². The maximum Gasteiger partial charge on any atom is 0.291 e. The van der Waals surface area contributed by atoms with Crippen molar-refractivity contribution in [1.29, 1.82) is 0 Å². The van der Waals surface area contributed by atoms with Crippen LogP contribution in [-0.2, 0) is 5.41 Å². The van der Waals surface area contributed by atoms with E-state index in [1.807, 2.05) is 20.8 Å². The Kier molecular flexibility index (Phi) is 2.41. The Morgan fingerprint density at radius 1 is 1.25 bits per heavy atom. The van der Waals surface area contributed by atoms with Crippen LogP contribution in [-0.4, -0.2) is 10.2 Å². The maximum absolute atomic E-state index is 12.1. The van der Waals surface area contributed by atoms with Gasteiger partial charge in [0.1, 0.15) is 5.01 Å². The quantitative estimate of drug-likeness (QED) is 0.683. The molecule has 0 bridgehead atoms. The number of aromatic nitrogens is 2. The average molecular weight is 192 g/mol. The summed E-state index contributed by atoms with van der Waals surface area (Å²) in [7, 11) is 0. The standard InChI is InChI=1S/C7H10F2N2S/c1-7(2,3)6-11-10-5(12-6)4(8)9/h4H,1-3H3. The van der Waals surface area contributed by atoms with Gasteiger partial charge in [-0.3, -0.25) is 0 Å². The molecule has 1 heterocycles. The minimum absolute atomic E-state index is 0.190. The largest absolute Gasteiger partial charge is 0.291 e. The van der Waals surface area contributed by atoms with Crippen molar-refractivity contribution >= 4 is 11.3 Å². The molecule has 5 heteroatoms. The Morgan fingerprint density at radius 2 is 1.83 bits per heavy atom. The van der Waals surface area contributed by atoms with Crippen LogP contribution in [0.3, 0.4) is 0 Å². The summed E-state index contributed by atoms with van der Waals surface area (Å²) in [5.41, 5.74) is -0.190. The fourth-order valence-electron chi connectivity index (χ4n) is 0.626. The molecule has 0 spiro atoms. The van der Waals surface area contributed by atoms with E-state index in [4.69, 9.17) is 0 Å². The fraction of sp³-hybridized carbons (Fsp3) is 0.714. The van der Waals surface area contributed by atoms with E-state index in [1.54, 1.807) is 0 Å². The second-order valence-electron chi connectivity index (χ2n) is 3.50. The number of hydrogen-bond acceptors (Lipinski definition) is 3. The van der Waals surface area contributed by atoms with Gasteiger partial charge in [-0.05, 0) is 0 Å². The first-order valence-electron chi connectivity index (χ1n) is 3.53. The summed E-state index contributed by atoms with van der Waals surface area (Å²) < 4.78 is 24.2. The Hall–Kier alpha value is -0.580. The van der Waals surface area contributed by atoms with Gasteiger partial charge in [-0.25, -0.2) is 8.78 Å². The molecule has 0 fully saturated rings. The minimum Gasteiger partial charge on any atom is -0.202 e. The zero-order valence-corrected chi connectivity index (χ0v) is 7.95. The molecule has 0 atom stereocenters. The molecule has 0 aliphatic carbocycles. The first kappa shape index (κ1) is 9.51. The molecule has 0 radical (unpaired) electrons. The smallest absolute Gasteiger partial charge is 0.202 e. The molecule has 0 aromatic carbocycles. The van der Waals surface area contributed by atoms with Crippen molar-refractivity contribution in [3.8, 4) is 0 Å². The van der Waals surface area contributed by atoms with Crippen molar-refractivity contribution in [2.45, 2.75) is 32.6 Å². The highest BCUT2D eigenvalue weighted by atomic mass is 32.1. The highest BCUT2D eigenvalue weighted by Gasteiger charge is 2.22. The van der Waals surface area contributed by atoms with Gasteiger partial charge < -0.3 is 0 Å². The van der Waals surface area contributed by atoms with Crippen LogP contribution < -0.4 is 0 Å². The lowest BCUT2D eigenvalue weighted by Gasteiger charge is -2.12. The first-order valence-corrected chi connectivity index (χ1v) is 4.35. The summed E-state index contributed by atoms with van der Waals surface area (Å²) in [4.78, 5) is 0. The van der Waals surface area contributed by atoms with E-state index in [-0.39, 0.29) is 10.4 Å². The molecule has 12 heavy (non-hydrogen) atoms. The molecule has 1 aromatic heterocycles. The Balaban J connectivity index is 2.92. The highest BCUT2D eigenvalue weighted by molar-refractivity contribution is 7.11. The van der Waals surface area contributed by atoms with Crippen molar-refractivity contribution in [2.24, 2.45) is 0 Å². The number of hydrogen-bond donors (Lipinski definition) is 0. The van der Waals surface area contributed by atoms with E-state index < -0.39 is 6.43 Å². The SMILES string of the molecule is CC(C)(C)c1nnc(C(F)F)s1. The lowest BCUT2D eigenvalue weighted by Crippen LogP contribution is -2.10.